The predicted molar refractivity (Wildman–Crippen MR) is 99.5 cm³/mol. The lowest BCUT2D eigenvalue weighted by atomic mass is 9.83. The number of carbonyl (C=O) groups excluding carboxylic acids is 1. The summed E-state index contributed by atoms with van der Waals surface area (Å²) >= 11 is 0. The maximum atomic E-state index is 13.6. The molecule has 2 aliphatic rings. The van der Waals surface area contributed by atoms with Gasteiger partial charge < -0.3 is 9.47 Å². The summed E-state index contributed by atoms with van der Waals surface area (Å²) in [7, 11) is 0. The molecule has 0 atom stereocenters. The third kappa shape index (κ3) is 5.29. The maximum Gasteiger partial charge on any atom is 0.314 e. The van der Waals surface area contributed by atoms with E-state index in [2.05, 4.69) is 6.92 Å². The molecule has 0 bridgehead atoms. The quantitative estimate of drug-likeness (QED) is 0.515. The van der Waals surface area contributed by atoms with Crippen LogP contribution in [0.15, 0.2) is 12.1 Å². The van der Waals surface area contributed by atoms with Crippen molar-refractivity contribution in [3.05, 3.63) is 29.3 Å². The monoisotopic (exact) mass is 391 g/mol. The first kappa shape index (κ1) is 20.7. The zero-order valence-corrected chi connectivity index (χ0v) is 16.3. The van der Waals surface area contributed by atoms with Crippen LogP contribution in [0.25, 0.3) is 0 Å². The molecule has 152 valence electrons. The Balaban J connectivity index is 1.43. The molecule has 2 saturated carbocycles. The van der Waals surface area contributed by atoms with Gasteiger partial charge >= 0.3 is 5.97 Å². The van der Waals surface area contributed by atoms with Gasteiger partial charge in [-0.05, 0) is 50.4 Å². The number of esters is 1. The summed E-state index contributed by atoms with van der Waals surface area (Å²) in [4.78, 5) is 12.3. The highest BCUT2D eigenvalue weighted by Crippen LogP contribution is 2.32. The van der Waals surface area contributed by atoms with Crippen molar-refractivity contribution >= 4 is 5.97 Å². The summed E-state index contributed by atoms with van der Waals surface area (Å²) in [5.74, 6) is -1.56. The standard InChI is InChI=1S/C22H27F2NO3/c1-14-2-4-15(5-3-14)13-27-17-8-6-16(7-9-17)22(26)28-18-10-20(23)19(12-25)21(24)11-18/h10-11,14-17H,2-9,13H2,1H3/t14-,15-,16-,17-. The summed E-state index contributed by atoms with van der Waals surface area (Å²) in [6, 6.07) is 3.19. The van der Waals surface area contributed by atoms with Gasteiger partial charge in [-0.25, -0.2) is 8.78 Å². The van der Waals surface area contributed by atoms with Gasteiger partial charge in [-0.3, -0.25) is 4.79 Å². The van der Waals surface area contributed by atoms with E-state index in [1.54, 1.807) is 0 Å². The molecule has 0 amide bonds. The van der Waals surface area contributed by atoms with Crippen LogP contribution in [-0.2, 0) is 9.53 Å². The fraction of sp³-hybridized carbons (Fsp3) is 0.636. The second-order valence-corrected chi connectivity index (χ2v) is 8.23. The molecular weight excluding hydrogens is 364 g/mol. The Morgan fingerprint density at radius 1 is 1.07 bits per heavy atom. The van der Waals surface area contributed by atoms with E-state index in [1.165, 1.54) is 31.8 Å². The third-order valence-corrected chi connectivity index (χ3v) is 6.06. The third-order valence-electron chi connectivity index (χ3n) is 6.06. The van der Waals surface area contributed by atoms with E-state index in [4.69, 9.17) is 14.7 Å². The van der Waals surface area contributed by atoms with Crippen LogP contribution in [-0.4, -0.2) is 18.7 Å². The van der Waals surface area contributed by atoms with Crippen molar-refractivity contribution in [3.8, 4) is 11.8 Å². The molecule has 1 aromatic carbocycles. The molecule has 4 nitrogen and oxygen atoms in total. The SMILES string of the molecule is C[C@H]1CC[C@H](CO[C@H]2CC[C@H](C(=O)Oc3cc(F)c(C#N)c(F)c3)CC2)CC1. The normalized spacial score (nSPS) is 27.8. The van der Waals surface area contributed by atoms with Crippen LogP contribution in [0.2, 0.25) is 0 Å². The number of hydrogen-bond acceptors (Lipinski definition) is 4. The Hall–Kier alpha value is -2.00. The summed E-state index contributed by atoms with van der Waals surface area (Å²) in [5, 5.41) is 8.69. The second-order valence-electron chi connectivity index (χ2n) is 8.23. The predicted octanol–water partition coefficient (Wildman–Crippen LogP) is 5.14. The molecule has 0 aromatic heterocycles. The Morgan fingerprint density at radius 3 is 2.25 bits per heavy atom. The number of benzene rings is 1. The van der Waals surface area contributed by atoms with Gasteiger partial charge in [0.15, 0.2) is 0 Å². The minimum Gasteiger partial charge on any atom is -0.426 e. The second kappa shape index (κ2) is 9.47. The van der Waals surface area contributed by atoms with E-state index in [9.17, 15) is 13.6 Å². The smallest absolute Gasteiger partial charge is 0.314 e. The first-order valence-electron chi connectivity index (χ1n) is 10.2. The van der Waals surface area contributed by atoms with Gasteiger partial charge in [-0.15, -0.1) is 0 Å². The van der Waals surface area contributed by atoms with Crippen molar-refractivity contribution in [3.63, 3.8) is 0 Å². The number of nitrogens with zero attached hydrogens (tertiary/aromatic N) is 1. The van der Waals surface area contributed by atoms with Crippen molar-refractivity contribution in [1.29, 1.82) is 5.26 Å². The molecule has 0 unspecified atom stereocenters. The minimum absolute atomic E-state index is 0.174. The number of hydrogen-bond donors (Lipinski definition) is 0. The van der Waals surface area contributed by atoms with Crippen LogP contribution in [0, 0.1) is 40.7 Å². The van der Waals surface area contributed by atoms with Crippen molar-refractivity contribution in [2.24, 2.45) is 17.8 Å². The fourth-order valence-corrected chi connectivity index (χ4v) is 4.15. The Morgan fingerprint density at radius 2 is 1.68 bits per heavy atom. The van der Waals surface area contributed by atoms with Gasteiger partial charge in [0.1, 0.15) is 29.0 Å². The van der Waals surface area contributed by atoms with Gasteiger partial charge in [0.05, 0.1) is 12.0 Å². The van der Waals surface area contributed by atoms with E-state index < -0.39 is 23.2 Å². The summed E-state index contributed by atoms with van der Waals surface area (Å²) in [5.41, 5.74) is -0.676. The highest BCUT2D eigenvalue weighted by atomic mass is 19.1. The van der Waals surface area contributed by atoms with Crippen LogP contribution in [0.5, 0.6) is 5.75 Å². The number of nitriles is 1. The highest BCUT2D eigenvalue weighted by molar-refractivity contribution is 5.75. The van der Waals surface area contributed by atoms with Crippen molar-refractivity contribution in [1.82, 2.24) is 0 Å². The molecule has 28 heavy (non-hydrogen) atoms. The zero-order valence-electron chi connectivity index (χ0n) is 16.3. The lowest BCUT2D eigenvalue weighted by Crippen LogP contribution is -2.30. The molecule has 0 saturated heterocycles. The van der Waals surface area contributed by atoms with E-state index in [0.29, 0.717) is 18.8 Å². The molecule has 6 heteroatoms. The molecule has 2 fully saturated rings. The maximum absolute atomic E-state index is 13.6. The van der Waals surface area contributed by atoms with Crippen molar-refractivity contribution in [2.45, 2.75) is 64.4 Å². The molecule has 1 aromatic rings. The number of ether oxygens (including phenoxy) is 2. The van der Waals surface area contributed by atoms with Crippen LogP contribution >= 0.6 is 0 Å². The minimum atomic E-state index is -1.03. The lowest BCUT2D eigenvalue weighted by Gasteiger charge is -2.31. The van der Waals surface area contributed by atoms with Gasteiger partial charge in [0.25, 0.3) is 0 Å². The largest absolute Gasteiger partial charge is 0.426 e. The zero-order chi connectivity index (χ0) is 20.1. The Labute approximate surface area is 164 Å². The molecule has 0 N–H and O–H groups in total. The van der Waals surface area contributed by atoms with E-state index in [0.717, 1.165) is 37.5 Å². The highest BCUT2D eigenvalue weighted by Gasteiger charge is 2.29. The van der Waals surface area contributed by atoms with Gasteiger partial charge in [0, 0.05) is 18.7 Å². The van der Waals surface area contributed by atoms with Gasteiger partial charge in [-0.2, -0.15) is 5.26 Å². The molecule has 0 heterocycles. The van der Waals surface area contributed by atoms with E-state index in [-0.39, 0.29) is 17.8 Å². The van der Waals surface area contributed by atoms with Crippen molar-refractivity contribution in [2.75, 3.05) is 6.61 Å². The number of halogens is 2. The fourth-order valence-electron chi connectivity index (χ4n) is 4.15. The van der Waals surface area contributed by atoms with E-state index in [1.807, 2.05) is 0 Å². The molecule has 3 rings (SSSR count). The van der Waals surface area contributed by atoms with Crippen LogP contribution in [0.4, 0.5) is 8.78 Å². The lowest BCUT2D eigenvalue weighted by molar-refractivity contribution is -0.141. The number of carbonyl (C=O) groups is 1. The first-order valence-corrected chi connectivity index (χ1v) is 10.2. The van der Waals surface area contributed by atoms with Crippen LogP contribution in [0.1, 0.15) is 63.9 Å². The van der Waals surface area contributed by atoms with Gasteiger partial charge in [0.2, 0.25) is 0 Å². The topological polar surface area (TPSA) is 59.3 Å². The van der Waals surface area contributed by atoms with E-state index >= 15 is 0 Å². The molecule has 0 radical (unpaired) electrons. The van der Waals surface area contributed by atoms with Crippen LogP contribution < -0.4 is 4.74 Å². The van der Waals surface area contributed by atoms with Gasteiger partial charge in [-0.1, -0.05) is 19.8 Å². The van der Waals surface area contributed by atoms with Crippen LogP contribution in [0.3, 0.4) is 0 Å². The summed E-state index contributed by atoms with van der Waals surface area (Å²) in [6.07, 6.45) is 8.08. The average molecular weight is 391 g/mol. The molecule has 0 spiro atoms. The summed E-state index contributed by atoms with van der Waals surface area (Å²) < 4.78 is 38.5. The average Bonchev–Trinajstić information content (AvgIpc) is 2.68. The first-order chi connectivity index (χ1) is 13.5. The Kier molecular flexibility index (Phi) is 7.01. The molecule has 2 aliphatic carbocycles. The molecular formula is C22H27F2NO3. The summed E-state index contributed by atoms with van der Waals surface area (Å²) in [6.45, 7) is 3.11. The van der Waals surface area contributed by atoms with Crippen molar-refractivity contribution < 1.29 is 23.0 Å². The Bertz CT molecular complexity index is 707. The molecule has 0 aliphatic heterocycles. The number of rotatable bonds is 5.